The molecule has 3 aromatic rings. The van der Waals surface area contributed by atoms with Crippen LogP contribution in [-0.4, -0.2) is 123 Å². The highest BCUT2D eigenvalue weighted by Crippen LogP contribution is 2.30. The van der Waals surface area contributed by atoms with Gasteiger partial charge in [0.05, 0.1) is 5.69 Å². The highest BCUT2D eigenvalue weighted by atomic mass is 16.6. The smallest absolute Gasteiger partial charge is 0.411 e. The summed E-state index contributed by atoms with van der Waals surface area (Å²) in [6.07, 6.45) is 6.58. The van der Waals surface area contributed by atoms with Crippen LogP contribution in [-0.2, 0) is 20.7 Å². The third-order valence-electron chi connectivity index (χ3n) is 10.9. The number of likely N-dealkylation sites (tertiary alicyclic amines) is 1. The maximum Gasteiger partial charge on any atom is 0.411 e. The normalized spacial score (nSPS) is 14.3. The number of anilines is 2. The largest absolute Gasteiger partial charge is 0.446 e. The SMILES string of the molecule is CCC(=O)N(C)CCCN(C)C(=O)c1ccc2c(c1)CCN2CCCCCC(=O)N(C)CCN1CCC(OC(=O)Nc2ccccc2-c2ccccc2)CC1. The van der Waals surface area contributed by atoms with Gasteiger partial charge in [0.2, 0.25) is 11.8 Å². The fourth-order valence-electron chi connectivity index (χ4n) is 7.46. The highest BCUT2D eigenvalue weighted by Gasteiger charge is 2.24. The van der Waals surface area contributed by atoms with Crippen LogP contribution in [0.3, 0.4) is 0 Å². The van der Waals surface area contributed by atoms with Gasteiger partial charge in [-0.2, -0.15) is 0 Å². The number of likely N-dealkylation sites (N-methyl/N-ethyl adjacent to an activating group) is 1. The van der Waals surface area contributed by atoms with Crippen molar-refractivity contribution in [2.75, 3.05) is 83.7 Å². The van der Waals surface area contributed by atoms with E-state index in [0.717, 1.165) is 94.5 Å². The van der Waals surface area contributed by atoms with E-state index < -0.39 is 6.09 Å². The van der Waals surface area contributed by atoms with Gasteiger partial charge in [0, 0.05) is 103 Å². The van der Waals surface area contributed by atoms with Gasteiger partial charge in [0.1, 0.15) is 6.10 Å². The maximum atomic E-state index is 13.1. The second-order valence-electron chi connectivity index (χ2n) is 14.9. The van der Waals surface area contributed by atoms with E-state index in [0.29, 0.717) is 38.0 Å². The Morgan fingerprint density at radius 3 is 2.22 bits per heavy atom. The zero-order chi connectivity index (χ0) is 39.2. The van der Waals surface area contributed by atoms with Crippen LogP contribution in [0.4, 0.5) is 16.2 Å². The van der Waals surface area contributed by atoms with Gasteiger partial charge in [0.25, 0.3) is 5.91 Å². The van der Waals surface area contributed by atoms with E-state index in [2.05, 4.69) is 21.2 Å². The number of hydrogen-bond donors (Lipinski definition) is 1. The predicted molar refractivity (Wildman–Crippen MR) is 219 cm³/mol. The molecule has 0 aromatic heterocycles. The molecule has 0 radical (unpaired) electrons. The number of fused-ring (bicyclic) bond motifs is 1. The Balaban J connectivity index is 0.929. The number of hydrogen-bond acceptors (Lipinski definition) is 7. The summed E-state index contributed by atoms with van der Waals surface area (Å²) in [5.74, 6) is 0.312. The number of piperidine rings is 1. The zero-order valence-electron chi connectivity index (χ0n) is 33.3. The molecule has 0 unspecified atom stereocenters. The molecule has 296 valence electrons. The molecule has 11 nitrogen and oxygen atoms in total. The molecular formula is C44H60N6O5. The standard InChI is InChI=1S/C44H60N6O5/c1-5-41(51)46(2)25-14-26-48(4)43(53)36-20-21-40-35(33-36)22-30-50(40)27-13-7-10-19-42(52)47(3)31-32-49-28-23-37(24-29-49)55-44(54)45-39-18-12-11-17-38(39)34-15-8-6-9-16-34/h6,8-9,11-12,15-18,20-21,33,37H,5,7,10,13-14,19,22-32H2,1-4H3,(H,45,54). The third kappa shape index (κ3) is 12.0. The lowest BCUT2D eigenvalue weighted by molar-refractivity contribution is -0.130. The first-order valence-corrected chi connectivity index (χ1v) is 20.1. The van der Waals surface area contributed by atoms with Gasteiger partial charge in [-0.3, -0.25) is 19.7 Å². The molecule has 0 bridgehead atoms. The fourth-order valence-corrected chi connectivity index (χ4v) is 7.46. The number of amides is 4. The molecule has 1 fully saturated rings. The van der Waals surface area contributed by atoms with E-state index >= 15 is 0 Å². The molecule has 11 heteroatoms. The van der Waals surface area contributed by atoms with Crippen molar-refractivity contribution in [2.45, 2.75) is 70.8 Å². The van der Waals surface area contributed by atoms with Gasteiger partial charge in [-0.05, 0) is 73.9 Å². The second-order valence-corrected chi connectivity index (χ2v) is 14.9. The zero-order valence-corrected chi connectivity index (χ0v) is 33.3. The van der Waals surface area contributed by atoms with Crippen molar-refractivity contribution < 1.29 is 23.9 Å². The Morgan fingerprint density at radius 2 is 1.45 bits per heavy atom. The number of benzene rings is 3. The average Bonchev–Trinajstić information content (AvgIpc) is 3.62. The maximum absolute atomic E-state index is 13.1. The van der Waals surface area contributed by atoms with Crippen LogP contribution in [0.1, 0.15) is 74.2 Å². The number of ether oxygens (including phenoxy) is 1. The summed E-state index contributed by atoms with van der Waals surface area (Å²) in [5, 5.41) is 2.94. The van der Waals surface area contributed by atoms with Crippen molar-refractivity contribution in [3.8, 4) is 11.1 Å². The van der Waals surface area contributed by atoms with Crippen LogP contribution >= 0.6 is 0 Å². The molecule has 2 heterocycles. The average molecular weight is 753 g/mol. The lowest BCUT2D eigenvalue weighted by atomic mass is 10.0. The van der Waals surface area contributed by atoms with Crippen molar-refractivity contribution in [3.63, 3.8) is 0 Å². The molecule has 3 aromatic carbocycles. The summed E-state index contributed by atoms with van der Waals surface area (Å²) in [6, 6.07) is 23.8. The number of unbranched alkanes of at least 4 members (excludes halogenated alkanes) is 2. The van der Waals surface area contributed by atoms with Crippen LogP contribution in [0, 0.1) is 0 Å². The summed E-state index contributed by atoms with van der Waals surface area (Å²) < 4.78 is 5.79. The Bertz CT molecular complexity index is 1730. The van der Waals surface area contributed by atoms with E-state index in [1.165, 1.54) is 11.3 Å². The minimum atomic E-state index is -0.428. The quantitative estimate of drug-likeness (QED) is 0.143. The number of carbonyl (C=O) groups is 4. The van der Waals surface area contributed by atoms with Crippen LogP contribution < -0.4 is 10.2 Å². The van der Waals surface area contributed by atoms with Crippen LogP contribution in [0.25, 0.3) is 11.1 Å². The molecule has 1 N–H and O–H groups in total. The Labute approximate surface area is 327 Å². The lowest BCUT2D eigenvalue weighted by Crippen LogP contribution is -2.42. The second kappa shape index (κ2) is 20.7. The molecular weight excluding hydrogens is 693 g/mol. The molecule has 4 amide bonds. The molecule has 2 aliphatic heterocycles. The van der Waals surface area contributed by atoms with Crippen molar-refractivity contribution >= 4 is 35.2 Å². The van der Waals surface area contributed by atoms with Gasteiger partial charge in [-0.1, -0.05) is 61.9 Å². The van der Waals surface area contributed by atoms with Crippen molar-refractivity contribution in [1.82, 2.24) is 19.6 Å². The first-order valence-electron chi connectivity index (χ1n) is 20.1. The lowest BCUT2D eigenvalue weighted by Gasteiger charge is -2.32. The summed E-state index contributed by atoms with van der Waals surface area (Å²) >= 11 is 0. The van der Waals surface area contributed by atoms with Crippen LogP contribution in [0.5, 0.6) is 0 Å². The summed E-state index contributed by atoms with van der Waals surface area (Å²) in [6.45, 7) is 8.14. The van der Waals surface area contributed by atoms with E-state index in [1.54, 1.807) is 9.80 Å². The Kier molecular flexibility index (Phi) is 15.5. The van der Waals surface area contributed by atoms with Gasteiger partial charge in [-0.25, -0.2) is 4.79 Å². The van der Waals surface area contributed by atoms with Gasteiger partial charge < -0.3 is 29.2 Å². The molecule has 2 aliphatic rings. The minimum Gasteiger partial charge on any atom is -0.446 e. The third-order valence-corrected chi connectivity index (χ3v) is 10.9. The summed E-state index contributed by atoms with van der Waals surface area (Å²) in [5.41, 5.74) is 5.86. The number of rotatable bonds is 18. The van der Waals surface area contributed by atoms with Gasteiger partial charge >= 0.3 is 6.09 Å². The van der Waals surface area contributed by atoms with E-state index in [-0.39, 0.29) is 23.8 Å². The van der Waals surface area contributed by atoms with Gasteiger partial charge in [-0.15, -0.1) is 0 Å². The van der Waals surface area contributed by atoms with E-state index in [9.17, 15) is 19.2 Å². The number of para-hydroxylation sites is 1. The molecule has 0 saturated carbocycles. The molecule has 0 spiro atoms. The monoisotopic (exact) mass is 752 g/mol. The number of nitrogens with one attached hydrogen (secondary N) is 1. The topological polar surface area (TPSA) is 106 Å². The number of carbonyl (C=O) groups excluding carboxylic acids is 4. The molecule has 1 saturated heterocycles. The van der Waals surface area contributed by atoms with Crippen molar-refractivity contribution in [2.24, 2.45) is 0 Å². The van der Waals surface area contributed by atoms with Crippen LogP contribution in [0.2, 0.25) is 0 Å². The Hall–Kier alpha value is -4.90. The molecule has 0 atom stereocenters. The van der Waals surface area contributed by atoms with Crippen LogP contribution in [0.15, 0.2) is 72.8 Å². The Morgan fingerprint density at radius 1 is 0.745 bits per heavy atom. The molecule has 0 aliphatic carbocycles. The minimum absolute atomic E-state index is 0.0123. The summed E-state index contributed by atoms with van der Waals surface area (Å²) in [4.78, 5) is 60.6. The highest BCUT2D eigenvalue weighted by molar-refractivity contribution is 5.95. The summed E-state index contributed by atoms with van der Waals surface area (Å²) in [7, 11) is 5.52. The molecule has 55 heavy (non-hydrogen) atoms. The van der Waals surface area contributed by atoms with E-state index in [4.69, 9.17) is 4.74 Å². The first-order chi connectivity index (χ1) is 26.6. The first kappa shape index (κ1) is 41.3. The van der Waals surface area contributed by atoms with E-state index in [1.807, 2.05) is 99.7 Å². The van der Waals surface area contributed by atoms with Crippen molar-refractivity contribution in [1.29, 1.82) is 0 Å². The number of nitrogens with zero attached hydrogens (tertiary/aromatic N) is 5. The fraction of sp³-hybridized carbons (Fsp3) is 0.500. The van der Waals surface area contributed by atoms with Crippen molar-refractivity contribution in [3.05, 3.63) is 83.9 Å². The predicted octanol–water partition coefficient (Wildman–Crippen LogP) is 6.78. The van der Waals surface area contributed by atoms with Gasteiger partial charge in [0.15, 0.2) is 0 Å². The molecule has 5 rings (SSSR count).